The van der Waals surface area contributed by atoms with E-state index in [0.29, 0.717) is 25.1 Å². The first kappa shape index (κ1) is 12.1. The van der Waals surface area contributed by atoms with E-state index < -0.39 is 0 Å². The van der Waals surface area contributed by atoms with Crippen molar-refractivity contribution in [1.82, 2.24) is 9.97 Å². The van der Waals surface area contributed by atoms with Gasteiger partial charge in [0.05, 0.1) is 6.61 Å². The monoisotopic (exact) mass is 236 g/mol. The summed E-state index contributed by atoms with van der Waals surface area (Å²) in [6, 6.07) is 2.15. The molecule has 0 spiro atoms. The number of hydrogen-bond donors (Lipinski definition) is 1. The smallest absolute Gasteiger partial charge is 0.228 e. The molecule has 1 saturated heterocycles. The minimum absolute atomic E-state index is 0.362. The Bertz CT molecular complexity index is 358. The van der Waals surface area contributed by atoms with Crippen LogP contribution in [0, 0.1) is 0 Å². The molecule has 1 fully saturated rings. The summed E-state index contributed by atoms with van der Waals surface area (Å²) in [7, 11) is 0. The average Bonchev–Trinajstić information content (AvgIpc) is 2.39. The standard InChI is InChI=1S/C12H20N4O/c1-2-17-11-6-7-14-12(15-11)16-8-4-3-5-10(16)9-13/h6-7,10H,2-5,8-9,13H2,1H3. The molecule has 2 N–H and O–H groups in total. The highest BCUT2D eigenvalue weighted by Gasteiger charge is 2.23. The van der Waals surface area contributed by atoms with Gasteiger partial charge in [0.2, 0.25) is 11.8 Å². The molecule has 2 rings (SSSR count). The number of nitrogens with zero attached hydrogens (tertiary/aromatic N) is 3. The summed E-state index contributed by atoms with van der Waals surface area (Å²) in [6.07, 6.45) is 5.29. The lowest BCUT2D eigenvalue weighted by Crippen LogP contribution is -2.45. The second kappa shape index (κ2) is 5.82. The molecule has 0 aromatic carbocycles. The molecule has 5 nitrogen and oxygen atoms in total. The van der Waals surface area contributed by atoms with Crippen molar-refractivity contribution in [3.05, 3.63) is 12.3 Å². The van der Waals surface area contributed by atoms with Crippen LogP contribution in [0.1, 0.15) is 26.2 Å². The molecule has 1 unspecified atom stereocenters. The summed E-state index contributed by atoms with van der Waals surface area (Å²) in [5.74, 6) is 1.38. The quantitative estimate of drug-likeness (QED) is 0.850. The van der Waals surface area contributed by atoms with Crippen LogP contribution in [0.15, 0.2) is 12.3 Å². The number of anilines is 1. The van der Waals surface area contributed by atoms with Crippen molar-refractivity contribution in [3.63, 3.8) is 0 Å². The van der Waals surface area contributed by atoms with Crippen LogP contribution in [0.4, 0.5) is 5.95 Å². The number of rotatable bonds is 4. The van der Waals surface area contributed by atoms with Gasteiger partial charge >= 0.3 is 0 Å². The molecule has 1 aliphatic heterocycles. The van der Waals surface area contributed by atoms with E-state index >= 15 is 0 Å². The van der Waals surface area contributed by atoms with Crippen LogP contribution in [-0.2, 0) is 0 Å². The van der Waals surface area contributed by atoms with E-state index in [1.165, 1.54) is 12.8 Å². The van der Waals surface area contributed by atoms with Crippen LogP contribution in [0.2, 0.25) is 0 Å². The third-order valence-corrected chi connectivity index (χ3v) is 3.07. The summed E-state index contributed by atoms with van der Waals surface area (Å²) in [4.78, 5) is 10.9. The van der Waals surface area contributed by atoms with E-state index in [1.807, 2.05) is 6.92 Å². The van der Waals surface area contributed by atoms with Crippen molar-refractivity contribution in [3.8, 4) is 5.88 Å². The Morgan fingerprint density at radius 3 is 3.18 bits per heavy atom. The van der Waals surface area contributed by atoms with E-state index in [4.69, 9.17) is 10.5 Å². The number of piperidine rings is 1. The van der Waals surface area contributed by atoms with Crippen LogP contribution in [0.25, 0.3) is 0 Å². The summed E-state index contributed by atoms with van der Waals surface area (Å²) in [6.45, 7) is 4.21. The van der Waals surface area contributed by atoms with Crippen molar-refractivity contribution in [2.24, 2.45) is 5.73 Å². The molecule has 0 aliphatic carbocycles. The van der Waals surface area contributed by atoms with E-state index in [9.17, 15) is 0 Å². The van der Waals surface area contributed by atoms with Crippen molar-refractivity contribution in [2.75, 3.05) is 24.6 Å². The molecule has 0 amide bonds. The van der Waals surface area contributed by atoms with Crippen molar-refractivity contribution >= 4 is 5.95 Å². The molecule has 1 atom stereocenters. The molecular formula is C12H20N4O. The molecule has 0 saturated carbocycles. The zero-order valence-electron chi connectivity index (χ0n) is 10.3. The van der Waals surface area contributed by atoms with Gasteiger partial charge in [-0.1, -0.05) is 0 Å². The fourth-order valence-electron chi connectivity index (χ4n) is 2.21. The molecule has 5 heteroatoms. The molecule has 2 heterocycles. The van der Waals surface area contributed by atoms with Crippen LogP contribution in [0.3, 0.4) is 0 Å². The highest BCUT2D eigenvalue weighted by atomic mass is 16.5. The average molecular weight is 236 g/mol. The molecule has 0 radical (unpaired) electrons. The zero-order valence-corrected chi connectivity index (χ0v) is 10.3. The summed E-state index contributed by atoms with van der Waals surface area (Å²) >= 11 is 0. The molecule has 1 aromatic heterocycles. The summed E-state index contributed by atoms with van der Waals surface area (Å²) in [5.41, 5.74) is 5.80. The zero-order chi connectivity index (χ0) is 12.1. The van der Waals surface area contributed by atoms with Gasteiger partial charge in [0.15, 0.2) is 0 Å². The molecule has 1 aromatic rings. The third-order valence-electron chi connectivity index (χ3n) is 3.07. The predicted molar refractivity (Wildman–Crippen MR) is 67.2 cm³/mol. The number of nitrogens with two attached hydrogens (primary N) is 1. The van der Waals surface area contributed by atoms with E-state index in [-0.39, 0.29) is 0 Å². The fraction of sp³-hybridized carbons (Fsp3) is 0.667. The molecule has 0 bridgehead atoms. The second-order valence-corrected chi connectivity index (χ2v) is 4.21. The molecule has 94 valence electrons. The summed E-state index contributed by atoms with van der Waals surface area (Å²) < 4.78 is 5.40. The lowest BCUT2D eigenvalue weighted by molar-refractivity contribution is 0.325. The van der Waals surface area contributed by atoms with Gasteiger partial charge in [-0.05, 0) is 26.2 Å². The topological polar surface area (TPSA) is 64.3 Å². The molecular weight excluding hydrogens is 216 g/mol. The van der Waals surface area contributed by atoms with Gasteiger partial charge in [0.1, 0.15) is 0 Å². The number of aromatic nitrogens is 2. The van der Waals surface area contributed by atoms with E-state index in [1.54, 1.807) is 12.3 Å². The normalized spacial score (nSPS) is 20.4. The first-order valence-electron chi connectivity index (χ1n) is 6.27. The second-order valence-electron chi connectivity index (χ2n) is 4.21. The van der Waals surface area contributed by atoms with Gasteiger partial charge in [-0.2, -0.15) is 4.98 Å². The van der Waals surface area contributed by atoms with Gasteiger partial charge in [-0.15, -0.1) is 0 Å². The van der Waals surface area contributed by atoms with Crippen LogP contribution < -0.4 is 15.4 Å². The Kier molecular flexibility index (Phi) is 4.14. The first-order valence-corrected chi connectivity index (χ1v) is 6.27. The third kappa shape index (κ3) is 2.85. The number of hydrogen-bond acceptors (Lipinski definition) is 5. The molecule has 17 heavy (non-hydrogen) atoms. The van der Waals surface area contributed by atoms with Crippen LogP contribution in [-0.4, -0.2) is 35.7 Å². The van der Waals surface area contributed by atoms with E-state index in [2.05, 4.69) is 14.9 Å². The highest BCUT2D eigenvalue weighted by Crippen LogP contribution is 2.22. The van der Waals surface area contributed by atoms with Crippen LogP contribution in [0.5, 0.6) is 5.88 Å². The Balaban J connectivity index is 2.16. The number of ether oxygens (including phenoxy) is 1. The van der Waals surface area contributed by atoms with Gasteiger partial charge in [0.25, 0.3) is 0 Å². The fourth-order valence-corrected chi connectivity index (χ4v) is 2.21. The van der Waals surface area contributed by atoms with Crippen molar-refractivity contribution in [1.29, 1.82) is 0 Å². The van der Waals surface area contributed by atoms with Crippen molar-refractivity contribution in [2.45, 2.75) is 32.2 Å². The van der Waals surface area contributed by atoms with E-state index in [0.717, 1.165) is 18.9 Å². The van der Waals surface area contributed by atoms with Gasteiger partial charge in [0, 0.05) is 31.4 Å². The van der Waals surface area contributed by atoms with Crippen LogP contribution >= 0.6 is 0 Å². The Morgan fingerprint density at radius 2 is 2.41 bits per heavy atom. The maximum absolute atomic E-state index is 5.80. The minimum Gasteiger partial charge on any atom is -0.478 e. The highest BCUT2D eigenvalue weighted by molar-refractivity contribution is 5.34. The Labute approximate surface area is 102 Å². The predicted octanol–water partition coefficient (Wildman–Crippen LogP) is 1.19. The minimum atomic E-state index is 0.362. The molecule has 1 aliphatic rings. The SMILES string of the molecule is CCOc1ccnc(N2CCCCC2CN)n1. The maximum Gasteiger partial charge on any atom is 0.228 e. The summed E-state index contributed by atoms with van der Waals surface area (Å²) in [5, 5.41) is 0. The van der Waals surface area contributed by atoms with Gasteiger partial charge in [-0.25, -0.2) is 4.98 Å². The van der Waals surface area contributed by atoms with Gasteiger partial charge in [-0.3, -0.25) is 0 Å². The lowest BCUT2D eigenvalue weighted by atomic mass is 10.0. The lowest BCUT2D eigenvalue weighted by Gasteiger charge is -2.34. The largest absolute Gasteiger partial charge is 0.478 e. The Morgan fingerprint density at radius 1 is 1.53 bits per heavy atom. The Hall–Kier alpha value is -1.36. The van der Waals surface area contributed by atoms with Crippen molar-refractivity contribution < 1.29 is 4.74 Å². The maximum atomic E-state index is 5.80. The first-order chi connectivity index (χ1) is 8.35. The van der Waals surface area contributed by atoms with Gasteiger partial charge < -0.3 is 15.4 Å².